The molecule has 2 aromatic rings. The number of rotatable bonds is 7. The number of nitrogens with one attached hydrogen (secondary N) is 1. The molecule has 4 heteroatoms. The number of aliphatic hydroxyl groups is 1. The largest absolute Gasteiger partial charge is 0.497 e. The first-order valence-electron chi connectivity index (χ1n) is 7.78. The third-order valence-electron chi connectivity index (χ3n) is 4.27. The zero-order valence-electron chi connectivity index (χ0n) is 13.1. The summed E-state index contributed by atoms with van der Waals surface area (Å²) in [5.74, 6) is 4.13. The third kappa shape index (κ3) is 3.51. The lowest BCUT2D eigenvalue weighted by molar-refractivity contribution is 0.173. The lowest BCUT2D eigenvalue weighted by Crippen LogP contribution is -2.20. The van der Waals surface area contributed by atoms with Gasteiger partial charge in [-0.2, -0.15) is 0 Å². The molecule has 1 aliphatic rings. The minimum Gasteiger partial charge on any atom is -0.497 e. The Morgan fingerprint density at radius 1 is 1.36 bits per heavy atom. The molecule has 1 aromatic carbocycles. The van der Waals surface area contributed by atoms with E-state index in [4.69, 9.17) is 9.15 Å². The van der Waals surface area contributed by atoms with Crippen molar-refractivity contribution in [2.45, 2.75) is 31.9 Å². The normalized spacial score (nSPS) is 21.6. The van der Waals surface area contributed by atoms with Crippen LogP contribution in [-0.4, -0.2) is 18.8 Å². The maximum Gasteiger partial charge on any atom is 0.119 e. The van der Waals surface area contributed by atoms with Crippen LogP contribution in [0.2, 0.25) is 0 Å². The number of methoxy groups -OCH3 is 1. The van der Waals surface area contributed by atoms with Crippen LogP contribution in [0.5, 0.6) is 5.75 Å². The first-order chi connectivity index (χ1) is 10.7. The van der Waals surface area contributed by atoms with Crippen LogP contribution >= 0.6 is 0 Å². The summed E-state index contributed by atoms with van der Waals surface area (Å²) < 4.78 is 11.0. The van der Waals surface area contributed by atoms with E-state index in [0.29, 0.717) is 19.0 Å². The molecule has 0 bridgehead atoms. The Bertz CT molecular complexity index is 622. The molecule has 0 amide bonds. The van der Waals surface area contributed by atoms with Gasteiger partial charge in [-0.15, -0.1) is 0 Å². The summed E-state index contributed by atoms with van der Waals surface area (Å²) in [6.07, 6.45) is 0.669. The molecular formula is C18H23NO3. The van der Waals surface area contributed by atoms with Crippen LogP contribution in [-0.2, 0) is 6.54 Å². The van der Waals surface area contributed by atoms with Gasteiger partial charge >= 0.3 is 0 Å². The van der Waals surface area contributed by atoms with Crippen molar-refractivity contribution in [3.8, 4) is 5.75 Å². The second-order valence-corrected chi connectivity index (χ2v) is 6.05. The zero-order valence-corrected chi connectivity index (χ0v) is 13.1. The average Bonchev–Trinajstić information content (AvgIpc) is 3.09. The highest BCUT2D eigenvalue weighted by Gasteiger charge is 2.36. The SMILES string of the molecule is COc1cccc(C(O)CNCc2ccc(C3CC3C)o2)c1. The molecule has 118 valence electrons. The van der Waals surface area contributed by atoms with Crippen LogP contribution in [0.1, 0.15) is 42.5 Å². The Labute approximate surface area is 131 Å². The van der Waals surface area contributed by atoms with Crippen molar-refractivity contribution in [3.05, 3.63) is 53.5 Å². The molecular weight excluding hydrogens is 278 g/mol. The van der Waals surface area contributed by atoms with Crippen molar-refractivity contribution in [2.24, 2.45) is 5.92 Å². The van der Waals surface area contributed by atoms with Crippen LogP contribution in [0.25, 0.3) is 0 Å². The second-order valence-electron chi connectivity index (χ2n) is 6.05. The predicted molar refractivity (Wildman–Crippen MR) is 84.9 cm³/mol. The number of furan rings is 1. The summed E-state index contributed by atoms with van der Waals surface area (Å²) >= 11 is 0. The predicted octanol–water partition coefficient (Wildman–Crippen LogP) is 3.23. The Kier molecular flexibility index (Phi) is 4.50. The summed E-state index contributed by atoms with van der Waals surface area (Å²) in [7, 11) is 1.62. The number of hydrogen-bond donors (Lipinski definition) is 2. The Balaban J connectivity index is 1.48. The number of aliphatic hydroxyl groups excluding tert-OH is 1. The highest BCUT2D eigenvalue weighted by molar-refractivity contribution is 5.29. The van der Waals surface area contributed by atoms with E-state index in [1.54, 1.807) is 7.11 Å². The topological polar surface area (TPSA) is 54.6 Å². The van der Waals surface area contributed by atoms with Gasteiger partial charge in [0.2, 0.25) is 0 Å². The molecule has 0 saturated heterocycles. The lowest BCUT2D eigenvalue weighted by Gasteiger charge is -2.12. The van der Waals surface area contributed by atoms with Gasteiger partial charge in [0.1, 0.15) is 17.3 Å². The van der Waals surface area contributed by atoms with Gasteiger partial charge in [-0.25, -0.2) is 0 Å². The minimum absolute atomic E-state index is 0.475. The van der Waals surface area contributed by atoms with E-state index in [1.165, 1.54) is 6.42 Å². The van der Waals surface area contributed by atoms with Gasteiger partial charge in [0.05, 0.1) is 19.8 Å². The molecule has 1 aromatic heterocycles. The average molecular weight is 301 g/mol. The van der Waals surface area contributed by atoms with Gasteiger partial charge in [-0.3, -0.25) is 0 Å². The summed E-state index contributed by atoms with van der Waals surface area (Å²) in [5, 5.41) is 13.4. The maximum absolute atomic E-state index is 10.2. The molecule has 4 nitrogen and oxygen atoms in total. The van der Waals surface area contributed by atoms with E-state index in [0.717, 1.165) is 28.8 Å². The second kappa shape index (κ2) is 6.55. The van der Waals surface area contributed by atoms with Gasteiger partial charge in [0.25, 0.3) is 0 Å². The van der Waals surface area contributed by atoms with Gasteiger partial charge in [-0.05, 0) is 42.2 Å². The first-order valence-corrected chi connectivity index (χ1v) is 7.78. The minimum atomic E-state index is -0.562. The smallest absolute Gasteiger partial charge is 0.119 e. The molecule has 1 saturated carbocycles. The molecule has 1 heterocycles. The van der Waals surface area contributed by atoms with Crippen molar-refractivity contribution in [2.75, 3.05) is 13.7 Å². The molecule has 1 aliphatic carbocycles. The Morgan fingerprint density at radius 2 is 2.18 bits per heavy atom. The maximum atomic E-state index is 10.2. The van der Waals surface area contributed by atoms with E-state index in [9.17, 15) is 5.11 Å². The van der Waals surface area contributed by atoms with Crippen molar-refractivity contribution in [1.82, 2.24) is 5.32 Å². The van der Waals surface area contributed by atoms with E-state index in [1.807, 2.05) is 30.3 Å². The molecule has 3 unspecified atom stereocenters. The molecule has 3 atom stereocenters. The van der Waals surface area contributed by atoms with Crippen molar-refractivity contribution >= 4 is 0 Å². The number of benzene rings is 1. The molecule has 0 aliphatic heterocycles. The molecule has 1 fully saturated rings. The quantitative estimate of drug-likeness (QED) is 0.824. The van der Waals surface area contributed by atoms with Crippen LogP contribution in [0.3, 0.4) is 0 Å². The van der Waals surface area contributed by atoms with Crippen LogP contribution < -0.4 is 10.1 Å². The van der Waals surface area contributed by atoms with Crippen LogP contribution in [0.15, 0.2) is 40.8 Å². The third-order valence-corrected chi connectivity index (χ3v) is 4.27. The fraction of sp³-hybridized carbons (Fsp3) is 0.444. The van der Waals surface area contributed by atoms with Gasteiger partial charge < -0.3 is 19.6 Å². The van der Waals surface area contributed by atoms with E-state index >= 15 is 0 Å². The van der Waals surface area contributed by atoms with Crippen molar-refractivity contribution in [3.63, 3.8) is 0 Å². The lowest BCUT2D eigenvalue weighted by atomic mass is 10.1. The van der Waals surface area contributed by atoms with Crippen molar-refractivity contribution in [1.29, 1.82) is 0 Å². The highest BCUT2D eigenvalue weighted by Crippen LogP contribution is 2.47. The summed E-state index contributed by atoms with van der Waals surface area (Å²) in [5.41, 5.74) is 0.846. The van der Waals surface area contributed by atoms with Gasteiger partial charge in [0, 0.05) is 12.5 Å². The fourth-order valence-electron chi connectivity index (χ4n) is 2.71. The zero-order chi connectivity index (χ0) is 15.5. The van der Waals surface area contributed by atoms with Gasteiger partial charge in [0.15, 0.2) is 0 Å². The summed E-state index contributed by atoms with van der Waals surface area (Å²) in [4.78, 5) is 0. The fourth-order valence-corrected chi connectivity index (χ4v) is 2.71. The molecule has 2 N–H and O–H groups in total. The Hall–Kier alpha value is -1.78. The first kappa shape index (κ1) is 15.1. The molecule has 22 heavy (non-hydrogen) atoms. The molecule has 0 spiro atoms. The Morgan fingerprint density at radius 3 is 2.91 bits per heavy atom. The number of ether oxygens (including phenoxy) is 1. The van der Waals surface area contributed by atoms with Gasteiger partial charge in [-0.1, -0.05) is 19.1 Å². The van der Waals surface area contributed by atoms with Crippen molar-refractivity contribution < 1.29 is 14.3 Å². The van der Waals surface area contributed by atoms with E-state index in [-0.39, 0.29) is 0 Å². The highest BCUT2D eigenvalue weighted by atomic mass is 16.5. The van der Waals surface area contributed by atoms with E-state index in [2.05, 4.69) is 18.3 Å². The monoisotopic (exact) mass is 301 g/mol. The standard InChI is InChI=1S/C18H23NO3/c1-12-8-16(12)18-7-6-15(22-18)10-19-11-17(20)13-4-3-5-14(9-13)21-2/h3-7,9,12,16-17,19-20H,8,10-11H2,1-2H3. The summed E-state index contributed by atoms with van der Waals surface area (Å²) in [6, 6.07) is 11.6. The molecule has 3 rings (SSSR count). The van der Waals surface area contributed by atoms with E-state index < -0.39 is 6.10 Å². The van der Waals surface area contributed by atoms with Crippen LogP contribution in [0, 0.1) is 5.92 Å². The van der Waals surface area contributed by atoms with Crippen LogP contribution in [0.4, 0.5) is 0 Å². The summed E-state index contributed by atoms with van der Waals surface area (Å²) in [6.45, 7) is 3.35. The number of hydrogen-bond acceptors (Lipinski definition) is 4. The molecule has 0 radical (unpaired) electrons.